The lowest BCUT2D eigenvalue weighted by molar-refractivity contribution is 0.135. The highest BCUT2D eigenvalue weighted by molar-refractivity contribution is 5.39. The third kappa shape index (κ3) is 3.91. The summed E-state index contributed by atoms with van der Waals surface area (Å²) in [5, 5.41) is 3.68. The predicted octanol–water partition coefficient (Wildman–Crippen LogP) is 4.02. The molecule has 1 saturated carbocycles. The summed E-state index contributed by atoms with van der Waals surface area (Å²) < 4.78 is 12.0. The van der Waals surface area contributed by atoms with Crippen molar-refractivity contribution in [2.24, 2.45) is 5.41 Å². The lowest BCUT2D eigenvalue weighted by Gasteiger charge is -2.32. The second-order valence-corrected chi connectivity index (χ2v) is 6.50. The van der Waals surface area contributed by atoms with Crippen LogP contribution in [0.15, 0.2) is 24.3 Å². The van der Waals surface area contributed by atoms with E-state index in [1.165, 1.54) is 6.42 Å². The summed E-state index contributed by atoms with van der Waals surface area (Å²) >= 11 is 0. The van der Waals surface area contributed by atoms with Crippen molar-refractivity contribution in [3.63, 3.8) is 0 Å². The molecule has 0 spiro atoms. The van der Waals surface area contributed by atoms with Crippen molar-refractivity contribution >= 4 is 0 Å². The molecule has 118 valence electrons. The monoisotopic (exact) mass is 291 g/mol. The SMILES string of the molecule is CCCNC1C(Oc2ccccc2OCC)CCC1(C)C. The van der Waals surface area contributed by atoms with Crippen LogP contribution >= 0.6 is 0 Å². The molecule has 2 atom stereocenters. The van der Waals surface area contributed by atoms with Crippen molar-refractivity contribution in [1.82, 2.24) is 5.32 Å². The van der Waals surface area contributed by atoms with Crippen molar-refractivity contribution < 1.29 is 9.47 Å². The minimum Gasteiger partial charge on any atom is -0.490 e. The number of hydrogen-bond donors (Lipinski definition) is 1. The highest BCUT2D eigenvalue weighted by atomic mass is 16.5. The van der Waals surface area contributed by atoms with Gasteiger partial charge in [0, 0.05) is 6.04 Å². The van der Waals surface area contributed by atoms with Gasteiger partial charge in [0.05, 0.1) is 6.61 Å². The summed E-state index contributed by atoms with van der Waals surface area (Å²) in [7, 11) is 0. The third-order valence-corrected chi connectivity index (χ3v) is 4.33. The molecule has 1 aromatic rings. The zero-order valence-electron chi connectivity index (χ0n) is 13.8. The van der Waals surface area contributed by atoms with Crippen molar-refractivity contribution in [3.05, 3.63) is 24.3 Å². The minimum atomic E-state index is 0.216. The standard InChI is InChI=1S/C18H29NO2/c1-5-13-19-17-16(11-12-18(17,3)4)21-15-10-8-7-9-14(15)20-6-2/h7-10,16-17,19H,5-6,11-13H2,1-4H3. The molecule has 21 heavy (non-hydrogen) atoms. The normalized spacial score (nSPS) is 24.0. The summed E-state index contributed by atoms with van der Waals surface area (Å²) in [4.78, 5) is 0. The van der Waals surface area contributed by atoms with Crippen LogP contribution in [-0.2, 0) is 0 Å². The van der Waals surface area contributed by atoms with Crippen LogP contribution in [0.25, 0.3) is 0 Å². The van der Waals surface area contributed by atoms with Gasteiger partial charge in [0.2, 0.25) is 0 Å². The van der Waals surface area contributed by atoms with Crippen LogP contribution < -0.4 is 14.8 Å². The summed E-state index contributed by atoms with van der Waals surface area (Å²) in [5.74, 6) is 1.71. The number of hydrogen-bond acceptors (Lipinski definition) is 3. The lowest BCUT2D eigenvalue weighted by atomic mass is 9.87. The molecule has 3 heteroatoms. The molecular weight excluding hydrogens is 262 g/mol. The predicted molar refractivity (Wildman–Crippen MR) is 87.1 cm³/mol. The Balaban J connectivity index is 2.10. The smallest absolute Gasteiger partial charge is 0.161 e. The molecule has 0 aliphatic heterocycles. The van der Waals surface area contributed by atoms with Gasteiger partial charge in [0.25, 0.3) is 0 Å². The first-order chi connectivity index (χ1) is 10.1. The summed E-state index contributed by atoms with van der Waals surface area (Å²) in [6.07, 6.45) is 3.65. The zero-order chi connectivity index (χ0) is 15.3. The van der Waals surface area contributed by atoms with E-state index < -0.39 is 0 Å². The van der Waals surface area contributed by atoms with Crippen LogP contribution in [-0.4, -0.2) is 25.3 Å². The van der Waals surface area contributed by atoms with Gasteiger partial charge in [-0.25, -0.2) is 0 Å². The van der Waals surface area contributed by atoms with Crippen LogP contribution in [0.2, 0.25) is 0 Å². The van der Waals surface area contributed by atoms with Gasteiger partial charge in [0.15, 0.2) is 11.5 Å². The maximum atomic E-state index is 6.32. The van der Waals surface area contributed by atoms with Gasteiger partial charge in [-0.15, -0.1) is 0 Å². The molecule has 0 saturated heterocycles. The molecule has 0 aromatic heterocycles. The Kier molecular flexibility index (Phi) is 5.51. The average molecular weight is 291 g/mol. The van der Waals surface area contributed by atoms with E-state index in [2.05, 4.69) is 26.1 Å². The molecule has 0 heterocycles. The fourth-order valence-electron chi connectivity index (χ4n) is 3.16. The van der Waals surface area contributed by atoms with E-state index in [1.54, 1.807) is 0 Å². The molecule has 0 amide bonds. The number of ether oxygens (including phenoxy) is 2. The molecule has 1 fully saturated rings. The summed E-state index contributed by atoms with van der Waals surface area (Å²) in [6, 6.07) is 8.38. The van der Waals surface area contributed by atoms with E-state index in [0.29, 0.717) is 12.6 Å². The Labute approximate surface area is 129 Å². The van der Waals surface area contributed by atoms with Crippen LogP contribution in [0.4, 0.5) is 0 Å². The lowest BCUT2D eigenvalue weighted by Crippen LogP contribution is -2.47. The van der Waals surface area contributed by atoms with Crippen LogP contribution in [0, 0.1) is 5.41 Å². The zero-order valence-corrected chi connectivity index (χ0v) is 13.8. The Morgan fingerprint density at radius 3 is 2.57 bits per heavy atom. The van der Waals surface area contributed by atoms with Gasteiger partial charge in [0.1, 0.15) is 6.10 Å². The number of nitrogens with one attached hydrogen (secondary N) is 1. The molecule has 1 N–H and O–H groups in total. The van der Waals surface area contributed by atoms with Gasteiger partial charge < -0.3 is 14.8 Å². The van der Waals surface area contributed by atoms with E-state index in [4.69, 9.17) is 9.47 Å². The first-order valence-electron chi connectivity index (χ1n) is 8.20. The van der Waals surface area contributed by atoms with Crippen LogP contribution in [0.3, 0.4) is 0 Å². The molecule has 1 aliphatic rings. The fraction of sp³-hybridized carbons (Fsp3) is 0.667. The third-order valence-electron chi connectivity index (χ3n) is 4.33. The van der Waals surface area contributed by atoms with Gasteiger partial charge >= 0.3 is 0 Å². The Bertz CT molecular complexity index is 445. The summed E-state index contributed by atoms with van der Waals surface area (Å²) in [5.41, 5.74) is 0.278. The molecule has 3 nitrogen and oxygen atoms in total. The van der Waals surface area contributed by atoms with E-state index in [0.717, 1.165) is 30.9 Å². The number of para-hydroxylation sites is 2. The molecule has 1 aliphatic carbocycles. The quantitative estimate of drug-likeness (QED) is 0.823. The minimum absolute atomic E-state index is 0.216. The van der Waals surface area contributed by atoms with E-state index in [1.807, 2.05) is 31.2 Å². The van der Waals surface area contributed by atoms with Gasteiger partial charge in [-0.3, -0.25) is 0 Å². The molecule has 0 bridgehead atoms. The van der Waals surface area contributed by atoms with Gasteiger partial charge in [-0.2, -0.15) is 0 Å². The topological polar surface area (TPSA) is 30.5 Å². The van der Waals surface area contributed by atoms with Gasteiger partial charge in [-0.05, 0) is 50.3 Å². The highest BCUT2D eigenvalue weighted by Crippen LogP contribution is 2.40. The van der Waals surface area contributed by atoms with Crippen molar-refractivity contribution in [3.8, 4) is 11.5 Å². The molecular formula is C18H29NO2. The largest absolute Gasteiger partial charge is 0.490 e. The molecule has 2 unspecified atom stereocenters. The van der Waals surface area contributed by atoms with Crippen LogP contribution in [0.5, 0.6) is 11.5 Å². The van der Waals surface area contributed by atoms with Crippen molar-refractivity contribution in [2.45, 2.75) is 59.1 Å². The maximum Gasteiger partial charge on any atom is 0.161 e. The van der Waals surface area contributed by atoms with E-state index in [9.17, 15) is 0 Å². The number of benzene rings is 1. The van der Waals surface area contributed by atoms with Gasteiger partial charge in [-0.1, -0.05) is 32.9 Å². The first-order valence-corrected chi connectivity index (χ1v) is 8.20. The number of rotatable bonds is 7. The molecule has 2 rings (SSSR count). The van der Waals surface area contributed by atoms with E-state index in [-0.39, 0.29) is 11.5 Å². The van der Waals surface area contributed by atoms with Crippen LogP contribution in [0.1, 0.15) is 47.0 Å². The molecule has 1 aromatic carbocycles. The fourth-order valence-corrected chi connectivity index (χ4v) is 3.16. The Hall–Kier alpha value is -1.22. The second kappa shape index (κ2) is 7.17. The van der Waals surface area contributed by atoms with Crippen molar-refractivity contribution in [2.75, 3.05) is 13.2 Å². The Morgan fingerprint density at radius 2 is 1.90 bits per heavy atom. The highest BCUT2D eigenvalue weighted by Gasteiger charge is 2.43. The molecule has 0 radical (unpaired) electrons. The Morgan fingerprint density at radius 1 is 1.19 bits per heavy atom. The maximum absolute atomic E-state index is 6.32. The van der Waals surface area contributed by atoms with E-state index >= 15 is 0 Å². The summed E-state index contributed by atoms with van der Waals surface area (Å²) in [6.45, 7) is 10.6. The first kappa shape index (κ1) is 16.2. The van der Waals surface area contributed by atoms with Crippen molar-refractivity contribution in [1.29, 1.82) is 0 Å². The average Bonchev–Trinajstić information content (AvgIpc) is 2.74. The second-order valence-electron chi connectivity index (χ2n) is 6.50.